The topological polar surface area (TPSA) is 73.6 Å². The lowest BCUT2D eigenvalue weighted by Crippen LogP contribution is -1.98. The van der Waals surface area contributed by atoms with Gasteiger partial charge in [0.05, 0.1) is 19.0 Å². The van der Waals surface area contributed by atoms with E-state index < -0.39 is 0 Å². The molecule has 0 amide bonds. The highest BCUT2D eigenvalue weighted by atomic mass is 16.5. The highest BCUT2D eigenvalue weighted by Crippen LogP contribution is 2.25. The molecule has 5 heteroatoms. The van der Waals surface area contributed by atoms with Crippen molar-refractivity contribution in [1.29, 1.82) is 0 Å². The molecule has 2 aromatic rings. The zero-order chi connectivity index (χ0) is 13.8. The Bertz CT molecular complexity index is 583. The van der Waals surface area contributed by atoms with Crippen LogP contribution < -0.4 is 10.6 Å². The molecule has 0 radical (unpaired) electrons. The van der Waals surface area contributed by atoms with E-state index in [9.17, 15) is 0 Å². The molecule has 0 aliphatic heterocycles. The van der Waals surface area contributed by atoms with Gasteiger partial charge in [0.1, 0.15) is 11.5 Å². The maximum absolute atomic E-state index is 5.38. The zero-order valence-electron chi connectivity index (χ0n) is 11.3. The van der Waals surface area contributed by atoms with Gasteiger partial charge in [0, 0.05) is 12.0 Å². The van der Waals surface area contributed by atoms with Crippen molar-refractivity contribution in [2.75, 3.05) is 7.11 Å². The van der Waals surface area contributed by atoms with Crippen LogP contribution in [0.15, 0.2) is 27.8 Å². The largest absolute Gasteiger partial charge is 0.496 e. The van der Waals surface area contributed by atoms with Crippen molar-refractivity contribution < 1.29 is 9.26 Å². The molecule has 0 saturated carbocycles. The lowest BCUT2D eigenvalue weighted by Gasteiger charge is -2.09. The average Bonchev–Trinajstić information content (AvgIpc) is 2.71. The second-order valence-electron chi connectivity index (χ2n) is 4.33. The molecule has 0 aliphatic carbocycles. The summed E-state index contributed by atoms with van der Waals surface area (Å²) >= 11 is 0. The number of benzene rings is 1. The number of hydrogen-bond donors (Lipinski definition) is 1. The number of aromatic nitrogens is 1. The van der Waals surface area contributed by atoms with Gasteiger partial charge in [-0.15, -0.1) is 0 Å². The Kier molecular flexibility index (Phi) is 3.85. The molecule has 2 N–H and O–H groups in total. The van der Waals surface area contributed by atoms with Crippen LogP contribution in [0.2, 0.25) is 0 Å². The minimum absolute atomic E-state index is 0.705. The molecule has 0 aliphatic rings. The first-order valence-electron chi connectivity index (χ1n) is 5.97. The fraction of sp³-hybridized carbons (Fsp3) is 0.286. The van der Waals surface area contributed by atoms with Crippen LogP contribution in [-0.4, -0.2) is 18.5 Å². The third-order valence-corrected chi connectivity index (χ3v) is 3.08. The van der Waals surface area contributed by atoms with E-state index in [0.29, 0.717) is 6.42 Å². The van der Waals surface area contributed by atoms with E-state index in [-0.39, 0.29) is 0 Å². The number of nitrogens with two attached hydrogens (primary N) is 1. The van der Waals surface area contributed by atoms with E-state index in [1.54, 1.807) is 13.3 Å². The molecule has 0 atom stereocenters. The second kappa shape index (κ2) is 5.56. The first kappa shape index (κ1) is 13.1. The molecule has 5 nitrogen and oxygen atoms in total. The maximum Gasteiger partial charge on any atom is 0.137 e. The summed E-state index contributed by atoms with van der Waals surface area (Å²) in [7, 11) is 1.66. The van der Waals surface area contributed by atoms with Crippen LogP contribution in [0.3, 0.4) is 0 Å². The lowest BCUT2D eigenvalue weighted by atomic mass is 10.0. The zero-order valence-corrected chi connectivity index (χ0v) is 11.3. The van der Waals surface area contributed by atoms with Crippen LogP contribution >= 0.6 is 0 Å². The second-order valence-corrected chi connectivity index (χ2v) is 4.33. The Morgan fingerprint density at radius 2 is 2.21 bits per heavy atom. The standard InChI is InChI=1S/C14H17N3O2/c1-9-13(10(2)19-17-9)7-12-6-11(8-16-15)4-5-14(12)18-3/h4-6,8H,7,15H2,1-3H3. The summed E-state index contributed by atoms with van der Waals surface area (Å²) in [5.74, 6) is 6.84. The smallest absolute Gasteiger partial charge is 0.137 e. The predicted octanol–water partition coefficient (Wildman–Crippen LogP) is 2.18. The molecule has 0 unspecified atom stereocenters. The number of nitrogens with zero attached hydrogens (tertiary/aromatic N) is 2. The molecule has 1 aromatic heterocycles. The predicted molar refractivity (Wildman–Crippen MR) is 73.6 cm³/mol. The molecule has 0 saturated heterocycles. The first-order valence-corrected chi connectivity index (χ1v) is 5.97. The van der Waals surface area contributed by atoms with Crippen molar-refractivity contribution >= 4 is 6.21 Å². The van der Waals surface area contributed by atoms with Crippen molar-refractivity contribution in [3.8, 4) is 5.75 Å². The van der Waals surface area contributed by atoms with Crippen LogP contribution in [0.1, 0.15) is 28.1 Å². The normalized spacial score (nSPS) is 11.1. The molecule has 1 aromatic carbocycles. The van der Waals surface area contributed by atoms with Gasteiger partial charge in [-0.2, -0.15) is 5.10 Å². The summed E-state index contributed by atoms with van der Waals surface area (Å²) < 4.78 is 10.6. The fourth-order valence-electron chi connectivity index (χ4n) is 2.05. The Hall–Kier alpha value is -2.30. The number of aryl methyl sites for hydroxylation is 2. The van der Waals surface area contributed by atoms with Crippen molar-refractivity contribution in [3.05, 3.63) is 46.3 Å². The fourth-order valence-corrected chi connectivity index (χ4v) is 2.05. The van der Waals surface area contributed by atoms with Gasteiger partial charge in [0.15, 0.2) is 0 Å². The van der Waals surface area contributed by atoms with Crippen molar-refractivity contribution in [2.24, 2.45) is 10.9 Å². The molecular weight excluding hydrogens is 242 g/mol. The van der Waals surface area contributed by atoms with E-state index in [2.05, 4.69) is 10.3 Å². The first-order chi connectivity index (χ1) is 9.15. The van der Waals surface area contributed by atoms with Gasteiger partial charge >= 0.3 is 0 Å². The number of rotatable bonds is 4. The highest BCUT2D eigenvalue weighted by Gasteiger charge is 2.12. The summed E-state index contributed by atoms with van der Waals surface area (Å²) in [5, 5.41) is 7.50. The molecule has 0 spiro atoms. The molecule has 19 heavy (non-hydrogen) atoms. The third-order valence-electron chi connectivity index (χ3n) is 3.08. The SMILES string of the molecule is COc1ccc(C=NN)cc1Cc1c(C)noc1C. The van der Waals surface area contributed by atoms with E-state index in [0.717, 1.165) is 33.9 Å². The molecule has 1 heterocycles. The Morgan fingerprint density at radius 1 is 1.42 bits per heavy atom. The Morgan fingerprint density at radius 3 is 2.79 bits per heavy atom. The molecule has 0 bridgehead atoms. The van der Waals surface area contributed by atoms with Gasteiger partial charge in [-0.25, -0.2) is 0 Å². The van der Waals surface area contributed by atoms with E-state index >= 15 is 0 Å². The van der Waals surface area contributed by atoms with E-state index in [1.807, 2.05) is 32.0 Å². The maximum atomic E-state index is 5.38. The van der Waals surface area contributed by atoms with Gasteiger partial charge in [0.25, 0.3) is 0 Å². The van der Waals surface area contributed by atoms with Gasteiger partial charge in [-0.1, -0.05) is 5.16 Å². The van der Waals surface area contributed by atoms with Crippen molar-refractivity contribution in [1.82, 2.24) is 5.16 Å². The number of ether oxygens (including phenoxy) is 1. The summed E-state index contributed by atoms with van der Waals surface area (Å²) in [5.41, 5.74) is 3.97. The summed E-state index contributed by atoms with van der Waals surface area (Å²) in [6.45, 7) is 3.84. The summed E-state index contributed by atoms with van der Waals surface area (Å²) in [6.07, 6.45) is 2.31. The van der Waals surface area contributed by atoms with Gasteiger partial charge < -0.3 is 15.1 Å². The van der Waals surface area contributed by atoms with Crippen molar-refractivity contribution in [3.63, 3.8) is 0 Å². The number of hydrogen-bond acceptors (Lipinski definition) is 5. The van der Waals surface area contributed by atoms with Crippen LogP contribution in [0, 0.1) is 13.8 Å². The molecule has 2 rings (SSSR count). The summed E-state index contributed by atoms with van der Waals surface area (Å²) in [4.78, 5) is 0. The van der Waals surface area contributed by atoms with Crippen molar-refractivity contribution in [2.45, 2.75) is 20.3 Å². The van der Waals surface area contributed by atoms with Gasteiger partial charge in [0.2, 0.25) is 0 Å². The van der Waals surface area contributed by atoms with E-state index in [4.69, 9.17) is 15.1 Å². The quantitative estimate of drug-likeness (QED) is 0.519. The molecule has 100 valence electrons. The number of methoxy groups -OCH3 is 1. The third kappa shape index (κ3) is 2.76. The minimum Gasteiger partial charge on any atom is -0.496 e. The van der Waals surface area contributed by atoms with Crippen LogP contribution in [0.25, 0.3) is 0 Å². The monoisotopic (exact) mass is 259 g/mol. The average molecular weight is 259 g/mol. The molecule has 0 fully saturated rings. The van der Waals surface area contributed by atoms with Gasteiger partial charge in [-0.05, 0) is 43.2 Å². The van der Waals surface area contributed by atoms with Crippen LogP contribution in [-0.2, 0) is 6.42 Å². The highest BCUT2D eigenvalue weighted by molar-refractivity contribution is 5.80. The minimum atomic E-state index is 0.705. The van der Waals surface area contributed by atoms with Crippen LogP contribution in [0.5, 0.6) is 5.75 Å². The lowest BCUT2D eigenvalue weighted by molar-refractivity contribution is 0.392. The van der Waals surface area contributed by atoms with Crippen LogP contribution in [0.4, 0.5) is 0 Å². The van der Waals surface area contributed by atoms with E-state index in [1.165, 1.54) is 0 Å². The summed E-state index contributed by atoms with van der Waals surface area (Å²) in [6, 6.07) is 5.82. The Labute approximate surface area is 112 Å². The van der Waals surface area contributed by atoms with Gasteiger partial charge in [-0.3, -0.25) is 0 Å². The number of hydrazone groups is 1. The Balaban J connectivity index is 2.40. The molecular formula is C14H17N3O2.